The van der Waals surface area contributed by atoms with Crippen molar-refractivity contribution >= 4 is 29.0 Å². The molecule has 0 unspecified atom stereocenters. The minimum Gasteiger partial charge on any atom is -0.386 e. The Morgan fingerprint density at radius 3 is 2.73 bits per heavy atom. The first-order valence-electron chi connectivity index (χ1n) is 8.98. The quantitative estimate of drug-likeness (QED) is 0.567. The second-order valence-corrected chi connectivity index (χ2v) is 6.66. The molecule has 5 nitrogen and oxygen atoms in total. The average Bonchev–Trinajstić information content (AvgIpc) is 2.65. The van der Waals surface area contributed by atoms with Gasteiger partial charge in [-0.05, 0) is 49.2 Å². The minimum absolute atomic E-state index is 0.192. The smallest absolute Gasteiger partial charge is 0.215 e. The maximum Gasteiger partial charge on any atom is 0.215 e. The molecule has 1 aromatic carbocycles. The SMILES string of the molecule is C=CNC/C(C=C)=N/C(N)=NC1CCN(c2cc(Cl)ccc2CC)CC1. The normalized spacial score (nSPS) is 16.5. The molecular formula is C20H28ClN5. The second-order valence-electron chi connectivity index (χ2n) is 6.22. The van der Waals surface area contributed by atoms with Crippen LogP contribution in [0.4, 0.5) is 5.69 Å². The molecule has 0 aliphatic carbocycles. The van der Waals surface area contributed by atoms with Crippen LogP contribution in [0.25, 0.3) is 0 Å². The number of nitrogens with two attached hydrogens (primary N) is 1. The van der Waals surface area contributed by atoms with Crippen molar-refractivity contribution in [3.05, 3.63) is 54.2 Å². The Labute approximate surface area is 161 Å². The van der Waals surface area contributed by atoms with Gasteiger partial charge in [0.25, 0.3) is 0 Å². The van der Waals surface area contributed by atoms with Crippen LogP contribution in [0.15, 0.2) is 53.6 Å². The molecule has 3 N–H and O–H groups in total. The fourth-order valence-electron chi connectivity index (χ4n) is 3.06. The Bertz CT molecular complexity index is 687. The summed E-state index contributed by atoms with van der Waals surface area (Å²) in [6.07, 6.45) is 6.17. The molecular weight excluding hydrogens is 346 g/mol. The summed E-state index contributed by atoms with van der Waals surface area (Å²) < 4.78 is 0. The number of hydrogen-bond donors (Lipinski definition) is 2. The summed E-state index contributed by atoms with van der Waals surface area (Å²) in [7, 11) is 0. The van der Waals surface area contributed by atoms with Crippen molar-refractivity contribution in [1.29, 1.82) is 0 Å². The van der Waals surface area contributed by atoms with Crippen molar-refractivity contribution in [3.63, 3.8) is 0 Å². The lowest BCUT2D eigenvalue weighted by Crippen LogP contribution is -2.36. The summed E-state index contributed by atoms with van der Waals surface area (Å²) in [4.78, 5) is 11.3. The number of piperidine rings is 1. The summed E-state index contributed by atoms with van der Waals surface area (Å²) in [6, 6.07) is 6.32. The fraction of sp³-hybridized carbons (Fsp3) is 0.400. The summed E-state index contributed by atoms with van der Waals surface area (Å²) in [5.74, 6) is 0.307. The van der Waals surface area contributed by atoms with E-state index in [4.69, 9.17) is 17.3 Å². The van der Waals surface area contributed by atoms with Crippen LogP contribution in [-0.2, 0) is 6.42 Å². The third kappa shape index (κ3) is 5.63. The zero-order chi connectivity index (χ0) is 18.9. The van der Waals surface area contributed by atoms with E-state index in [0.717, 1.165) is 43.1 Å². The minimum atomic E-state index is 0.192. The summed E-state index contributed by atoms with van der Waals surface area (Å²) in [6.45, 7) is 11.9. The maximum atomic E-state index is 6.19. The van der Waals surface area contributed by atoms with Crippen LogP contribution in [-0.4, -0.2) is 37.3 Å². The van der Waals surface area contributed by atoms with Gasteiger partial charge in [-0.3, -0.25) is 0 Å². The van der Waals surface area contributed by atoms with Crippen molar-refractivity contribution in [2.75, 3.05) is 24.5 Å². The number of benzene rings is 1. The lowest BCUT2D eigenvalue weighted by molar-refractivity contribution is 0.502. The molecule has 0 aromatic heterocycles. The summed E-state index contributed by atoms with van der Waals surface area (Å²) in [5, 5.41) is 3.76. The van der Waals surface area contributed by atoms with E-state index in [2.05, 4.69) is 52.4 Å². The molecule has 1 fully saturated rings. The number of halogens is 1. The molecule has 1 aliphatic heterocycles. The molecule has 0 radical (unpaired) electrons. The van der Waals surface area contributed by atoms with Crippen LogP contribution in [0.1, 0.15) is 25.3 Å². The average molecular weight is 374 g/mol. The van der Waals surface area contributed by atoms with Gasteiger partial charge in [0.1, 0.15) is 0 Å². The van der Waals surface area contributed by atoms with E-state index in [1.807, 2.05) is 6.07 Å². The fourth-order valence-corrected chi connectivity index (χ4v) is 3.23. The molecule has 1 aliphatic rings. The van der Waals surface area contributed by atoms with E-state index < -0.39 is 0 Å². The third-order valence-electron chi connectivity index (χ3n) is 4.47. The maximum absolute atomic E-state index is 6.19. The lowest BCUT2D eigenvalue weighted by atomic mass is 10.0. The highest BCUT2D eigenvalue weighted by Crippen LogP contribution is 2.28. The van der Waals surface area contributed by atoms with Gasteiger partial charge in [-0.1, -0.05) is 37.7 Å². The van der Waals surface area contributed by atoms with Gasteiger partial charge in [0, 0.05) is 23.8 Å². The topological polar surface area (TPSA) is 66.0 Å². The molecule has 26 heavy (non-hydrogen) atoms. The van der Waals surface area contributed by atoms with Crippen LogP contribution in [0, 0.1) is 0 Å². The first-order valence-corrected chi connectivity index (χ1v) is 9.36. The van der Waals surface area contributed by atoms with Gasteiger partial charge in [-0.2, -0.15) is 0 Å². The standard InChI is InChI=1S/C20H28ClN5/c1-4-15-7-8-16(21)13-19(15)26-11-9-18(10-12-26)25-20(22)24-17(5-2)14-23-6-3/h5-8,13,18,23H,2-4,9-12,14H2,1H3,(H2,22,25)/b24-17+. The first kappa shape index (κ1) is 20.0. The highest BCUT2D eigenvalue weighted by molar-refractivity contribution is 6.30. The number of rotatable bonds is 7. The van der Waals surface area contributed by atoms with Gasteiger partial charge in [0.2, 0.25) is 5.96 Å². The molecule has 0 amide bonds. The molecule has 1 saturated heterocycles. The van der Waals surface area contributed by atoms with E-state index in [1.54, 1.807) is 12.3 Å². The first-order chi connectivity index (χ1) is 12.6. The van der Waals surface area contributed by atoms with E-state index >= 15 is 0 Å². The number of hydrogen-bond acceptors (Lipinski definition) is 3. The van der Waals surface area contributed by atoms with Crippen molar-refractivity contribution in [2.24, 2.45) is 15.7 Å². The van der Waals surface area contributed by atoms with Crippen molar-refractivity contribution < 1.29 is 0 Å². The number of aryl methyl sites for hydroxylation is 1. The molecule has 0 bridgehead atoms. The highest BCUT2D eigenvalue weighted by Gasteiger charge is 2.21. The molecule has 0 spiro atoms. The largest absolute Gasteiger partial charge is 0.386 e. The Kier molecular flexibility index (Phi) is 7.73. The van der Waals surface area contributed by atoms with Crippen molar-refractivity contribution in [1.82, 2.24) is 5.32 Å². The summed E-state index contributed by atoms with van der Waals surface area (Å²) in [5.41, 5.74) is 9.30. The van der Waals surface area contributed by atoms with E-state index in [1.165, 1.54) is 11.3 Å². The Morgan fingerprint density at radius 2 is 2.12 bits per heavy atom. The number of guanidine groups is 1. The van der Waals surface area contributed by atoms with E-state index in [9.17, 15) is 0 Å². The molecule has 1 heterocycles. The number of nitrogens with zero attached hydrogens (tertiary/aromatic N) is 3. The van der Waals surface area contributed by atoms with E-state index in [-0.39, 0.29) is 6.04 Å². The van der Waals surface area contributed by atoms with Gasteiger partial charge >= 0.3 is 0 Å². The summed E-state index contributed by atoms with van der Waals surface area (Å²) >= 11 is 6.19. The number of anilines is 1. The lowest BCUT2D eigenvalue weighted by Gasteiger charge is -2.33. The van der Waals surface area contributed by atoms with Crippen molar-refractivity contribution in [3.8, 4) is 0 Å². The number of aliphatic imine (C=N–C) groups is 2. The van der Waals surface area contributed by atoms with Crippen LogP contribution in [0.5, 0.6) is 0 Å². The Morgan fingerprint density at radius 1 is 1.38 bits per heavy atom. The third-order valence-corrected chi connectivity index (χ3v) is 4.70. The monoisotopic (exact) mass is 373 g/mol. The zero-order valence-electron chi connectivity index (χ0n) is 15.4. The van der Waals surface area contributed by atoms with Crippen LogP contribution >= 0.6 is 11.6 Å². The van der Waals surface area contributed by atoms with E-state index in [0.29, 0.717) is 12.5 Å². The van der Waals surface area contributed by atoms with Gasteiger partial charge in [-0.15, -0.1) is 0 Å². The second kappa shape index (κ2) is 10.0. The van der Waals surface area contributed by atoms with Gasteiger partial charge in [0.05, 0.1) is 18.3 Å². The van der Waals surface area contributed by atoms with Crippen LogP contribution in [0.2, 0.25) is 5.02 Å². The molecule has 2 rings (SSSR count). The van der Waals surface area contributed by atoms with Gasteiger partial charge < -0.3 is 16.0 Å². The van der Waals surface area contributed by atoms with Gasteiger partial charge in [-0.25, -0.2) is 9.98 Å². The predicted molar refractivity (Wildman–Crippen MR) is 114 cm³/mol. The van der Waals surface area contributed by atoms with Crippen LogP contribution in [0.3, 0.4) is 0 Å². The molecule has 0 saturated carbocycles. The number of nitrogens with one attached hydrogen (secondary N) is 1. The predicted octanol–water partition coefficient (Wildman–Crippen LogP) is 3.55. The zero-order valence-corrected chi connectivity index (χ0v) is 16.2. The van der Waals surface area contributed by atoms with Gasteiger partial charge in [0.15, 0.2) is 0 Å². The molecule has 1 aromatic rings. The van der Waals surface area contributed by atoms with Crippen molar-refractivity contribution in [2.45, 2.75) is 32.2 Å². The van der Waals surface area contributed by atoms with Crippen LogP contribution < -0.4 is 16.0 Å². The Hall–Kier alpha value is -2.27. The molecule has 6 heteroatoms. The molecule has 0 atom stereocenters. The highest BCUT2D eigenvalue weighted by atomic mass is 35.5. The Balaban J connectivity index is 1.99. The molecule has 140 valence electrons.